The lowest BCUT2D eigenvalue weighted by Gasteiger charge is -2.25. The Morgan fingerprint density at radius 3 is 2.53 bits per heavy atom. The molecule has 0 N–H and O–H groups in total. The van der Waals surface area contributed by atoms with Crippen molar-refractivity contribution in [1.29, 1.82) is 0 Å². The maximum atomic E-state index is 11.9. The van der Waals surface area contributed by atoms with E-state index in [-0.39, 0.29) is 6.09 Å². The van der Waals surface area contributed by atoms with Gasteiger partial charge in [-0.2, -0.15) is 0 Å². The Balaban J connectivity index is 2.71. The molecule has 1 aromatic carbocycles. The molecule has 0 heterocycles. The van der Waals surface area contributed by atoms with E-state index in [1.807, 2.05) is 39.2 Å². The summed E-state index contributed by atoms with van der Waals surface area (Å²) in [5.74, 6) is 0. The lowest BCUT2D eigenvalue weighted by Crippen LogP contribution is -2.33. The third-order valence-electron chi connectivity index (χ3n) is 2.37. The smallest absolute Gasteiger partial charge is 0.410 e. The van der Waals surface area contributed by atoms with E-state index in [1.165, 1.54) is 4.90 Å². The van der Waals surface area contributed by atoms with Crippen molar-refractivity contribution in [2.45, 2.75) is 37.8 Å². The highest BCUT2D eigenvalue weighted by molar-refractivity contribution is 9.10. The van der Waals surface area contributed by atoms with Crippen LogP contribution in [0.3, 0.4) is 0 Å². The Morgan fingerprint density at radius 1 is 1.42 bits per heavy atom. The van der Waals surface area contributed by atoms with E-state index < -0.39 is 5.60 Å². The van der Waals surface area contributed by atoms with Crippen molar-refractivity contribution in [2.24, 2.45) is 0 Å². The number of thioether (sulfide) groups is 1. The monoisotopic (exact) mass is 345 g/mol. The zero-order valence-corrected chi connectivity index (χ0v) is 14.4. The molecule has 1 aromatic rings. The average molecular weight is 346 g/mol. The van der Waals surface area contributed by atoms with Crippen LogP contribution in [0.2, 0.25) is 0 Å². The summed E-state index contributed by atoms with van der Waals surface area (Å²) in [5, 5.41) is 0. The predicted octanol–water partition coefficient (Wildman–Crippen LogP) is 4.54. The van der Waals surface area contributed by atoms with Crippen molar-refractivity contribution in [3.8, 4) is 0 Å². The van der Waals surface area contributed by atoms with Crippen LogP contribution in [0.1, 0.15) is 26.3 Å². The molecule has 0 saturated carbocycles. The Hall–Kier alpha value is -0.680. The molecule has 0 aliphatic carbocycles. The van der Waals surface area contributed by atoms with Crippen LogP contribution in [0.4, 0.5) is 4.79 Å². The van der Waals surface area contributed by atoms with Gasteiger partial charge in [-0.15, -0.1) is 11.8 Å². The summed E-state index contributed by atoms with van der Waals surface area (Å²) in [4.78, 5) is 14.6. The van der Waals surface area contributed by atoms with Crippen LogP contribution < -0.4 is 0 Å². The summed E-state index contributed by atoms with van der Waals surface area (Å²) in [5.41, 5.74) is 0.594. The molecule has 0 radical (unpaired) electrons. The number of rotatable bonds is 3. The van der Waals surface area contributed by atoms with Crippen molar-refractivity contribution < 1.29 is 9.53 Å². The number of halogens is 1. The van der Waals surface area contributed by atoms with Crippen molar-refractivity contribution in [2.75, 3.05) is 13.3 Å². The third-order valence-corrected chi connectivity index (χ3v) is 3.84. The van der Waals surface area contributed by atoms with Crippen LogP contribution in [0.25, 0.3) is 0 Å². The Bertz CT molecular complexity index is 457. The van der Waals surface area contributed by atoms with Crippen LogP contribution >= 0.6 is 27.7 Å². The molecule has 1 amide bonds. The topological polar surface area (TPSA) is 29.5 Å². The van der Waals surface area contributed by atoms with Crippen molar-refractivity contribution in [1.82, 2.24) is 4.90 Å². The van der Waals surface area contributed by atoms with Gasteiger partial charge < -0.3 is 9.64 Å². The maximum Gasteiger partial charge on any atom is 0.410 e. The first-order chi connectivity index (χ1) is 8.73. The van der Waals surface area contributed by atoms with Crippen molar-refractivity contribution in [3.63, 3.8) is 0 Å². The van der Waals surface area contributed by atoms with Gasteiger partial charge in [0.05, 0.1) is 0 Å². The highest BCUT2D eigenvalue weighted by Gasteiger charge is 2.20. The summed E-state index contributed by atoms with van der Waals surface area (Å²) in [6.07, 6.45) is 1.72. The zero-order valence-electron chi connectivity index (χ0n) is 12.0. The summed E-state index contributed by atoms with van der Waals surface area (Å²) >= 11 is 5.22. The van der Waals surface area contributed by atoms with E-state index in [0.29, 0.717) is 6.54 Å². The van der Waals surface area contributed by atoms with Gasteiger partial charge in [-0.1, -0.05) is 22.0 Å². The first kappa shape index (κ1) is 16.4. The zero-order chi connectivity index (χ0) is 14.6. The largest absolute Gasteiger partial charge is 0.444 e. The molecule has 106 valence electrons. The SMILES string of the molecule is CSc1ccc(CN(C)C(=O)OC(C)(C)C)c(Br)c1. The molecule has 0 bridgehead atoms. The predicted molar refractivity (Wildman–Crippen MR) is 83.6 cm³/mol. The van der Waals surface area contributed by atoms with Gasteiger partial charge in [0, 0.05) is 23.0 Å². The quantitative estimate of drug-likeness (QED) is 0.753. The Kier molecular flexibility index (Phi) is 5.74. The van der Waals surface area contributed by atoms with E-state index in [4.69, 9.17) is 4.74 Å². The molecular formula is C14H20BrNO2S. The van der Waals surface area contributed by atoms with Crippen LogP contribution in [0.5, 0.6) is 0 Å². The molecule has 0 aromatic heterocycles. The lowest BCUT2D eigenvalue weighted by molar-refractivity contribution is 0.0285. The third kappa shape index (κ3) is 5.45. The van der Waals surface area contributed by atoms with Crippen LogP contribution in [0, 0.1) is 0 Å². The number of carbonyl (C=O) groups is 1. The van der Waals surface area contributed by atoms with Crippen LogP contribution in [0.15, 0.2) is 27.6 Å². The van der Waals surface area contributed by atoms with Gasteiger partial charge in [0.15, 0.2) is 0 Å². The average Bonchev–Trinajstić information content (AvgIpc) is 2.29. The van der Waals surface area contributed by atoms with Crippen LogP contribution in [-0.2, 0) is 11.3 Å². The Morgan fingerprint density at radius 2 is 2.05 bits per heavy atom. The molecule has 0 aliphatic rings. The molecular weight excluding hydrogens is 326 g/mol. The first-order valence-corrected chi connectivity index (χ1v) is 8.01. The molecule has 0 unspecified atom stereocenters. The maximum absolute atomic E-state index is 11.9. The molecule has 0 saturated heterocycles. The number of benzene rings is 1. The molecule has 0 spiro atoms. The number of ether oxygens (including phenoxy) is 1. The molecule has 1 rings (SSSR count). The fourth-order valence-corrected chi connectivity index (χ4v) is 2.54. The van der Waals surface area contributed by atoms with E-state index >= 15 is 0 Å². The van der Waals surface area contributed by atoms with Gasteiger partial charge in [0.1, 0.15) is 5.60 Å². The molecule has 5 heteroatoms. The fraction of sp³-hybridized carbons (Fsp3) is 0.500. The molecule has 3 nitrogen and oxygen atoms in total. The van der Waals surface area contributed by atoms with Crippen LogP contribution in [-0.4, -0.2) is 29.9 Å². The summed E-state index contributed by atoms with van der Waals surface area (Å²) in [6.45, 7) is 6.11. The van der Waals surface area contributed by atoms with E-state index in [1.54, 1.807) is 23.7 Å². The normalized spacial score (nSPS) is 11.3. The summed E-state index contributed by atoms with van der Waals surface area (Å²) in [6, 6.07) is 6.13. The minimum atomic E-state index is -0.467. The van der Waals surface area contributed by atoms with E-state index in [9.17, 15) is 4.79 Å². The van der Waals surface area contributed by atoms with Gasteiger partial charge >= 0.3 is 6.09 Å². The second-order valence-corrected chi connectivity index (χ2v) is 7.03. The summed E-state index contributed by atoms with van der Waals surface area (Å²) < 4.78 is 6.33. The van der Waals surface area contributed by atoms with Gasteiger partial charge in [-0.05, 0) is 44.7 Å². The lowest BCUT2D eigenvalue weighted by atomic mass is 10.2. The van der Waals surface area contributed by atoms with E-state index in [0.717, 1.165) is 10.0 Å². The standard InChI is InChI=1S/C14H20BrNO2S/c1-14(2,3)18-13(17)16(4)9-10-6-7-11(19-5)8-12(10)15/h6-8H,9H2,1-5H3. The van der Waals surface area contributed by atoms with Gasteiger partial charge in [-0.3, -0.25) is 0 Å². The van der Waals surface area contributed by atoms with Crippen molar-refractivity contribution >= 4 is 33.8 Å². The number of hydrogen-bond donors (Lipinski definition) is 0. The van der Waals surface area contributed by atoms with Crippen molar-refractivity contribution in [3.05, 3.63) is 28.2 Å². The van der Waals surface area contributed by atoms with Gasteiger partial charge in [-0.25, -0.2) is 4.79 Å². The highest BCUT2D eigenvalue weighted by Crippen LogP contribution is 2.25. The number of carbonyl (C=O) groups excluding carboxylic acids is 1. The second-order valence-electron chi connectivity index (χ2n) is 5.29. The minimum absolute atomic E-state index is 0.312. The van der Waals surface area contributed by atoms with Gasteiger partial charge in [0.25, 0.3) is 0 Å². The van der Waals surface area contributed by atoms with E-state index in [2.05, 4.69) is 22.0 Å². The first-order valence-electron chi connectivity index (χ1n) is 5.99. The molecule has 19 heavy (non-hydrogen) atoms. The number of hydrogen-bond acceptors (Lipinski definition) is 3. The molecule has 0 fully saturated rings. The molecule has 0 aliphatic heterocycles. The minimum Gasteiger partial charge on any atom is -0.444 e. The van der Waals surface area contributed by atoms with Gasteiger partial charge in [0.2, 0.25) is 0 Å². The number of amides is 1. The summed E-state index contributed by atoms with van der Waals surface area (Å²) in [7, 11) is 1.74. The highest BCUT2D eigenvalue weighted by atomic mass is 79.9. The molecule has 0 atom stereocenters. The Labute approximate surface area is 127 Å². The number of nitrogens with zero attached hydrogens (tertiary/aromatic N) is 1. The second kappa shape index (κ2) is 6.66. The fourth-order valence-electron chi connectivity index (χ4n) is 1.44.